The van der Waals surface area contributed by atoms with Crippen LogP contribution in [0.5, 0.6) is 0 Å². The van der Waals surface area contributed by atoms with Crippen molar-refractivity contribution >= 4 is 55.6 Å². The van der Waals surface area contributed by atoms with E-state index in [0.29, 0.717) is 0 Å². The summed E-state index contributed by atoms with van der Waals surface area (Å²) >= 11 is 16.0. The third-order valence-electron chi connectivity index (χ3n) is 0. The van der Waals surface area contributed by atoms with Crippen molar-refractivity contribution in [2.45, 2.75) is 5.09 Å². The molecular weight excluding hydrogens is 286 g/mol. The Morgan fingerprint density at radius 2 is 1.11 bits per heavy atom. The molecule has 0 saturated carbocycles. The molecule has 0 aliphatic carbocycles. The first-order chi connectivity index (χ1) is 3.73. The molecule has 0 aromatic carbocycles. The minimum Gasteiger partial charge on any atom is -0.160 e. The van der Waals surface area contributed by atoms with Crippen molar-refractivity contribution in [1.29, 1.82) is 0 Å². The first-order valence-electron chi connectivity index (χ1n) is 1.26. The van der Waals surface area contributed by atoms with E-state index in [0.717, 1.165) is 0 Å². The minimum absolute atomic E-state index is 1.20. The smallest absolute Gasteiger partial charge is 0.160 e. The van der Waals surface area contributed by atoms with Crippen LogP contribution < -0.4 is 0 Å². The van der Waals surface area contributed by atoms with Gasteiger partial charge in [-0.05, 0) is 0 Å². The molecule has 8 heteroatoms. The van der Waals surface area contributed by atoms with E-state index in [1.807, 2.05) is 0 Å². The first kappa shape index (κ1) is 13.2. The van der Waals surface area contributed by atoms with Gasteiger partial charge < -0.3 is 0 Å². The van der Waals surface area contributed by atoms with Gasteiger partial charge in [0, 0.05) is 15.9 Å². The Labute approximate surface area is 73.9 Å². The fourth-order valence-corrected chi connectivity index (χ4v) is 0. The van der Waals surface area contributed by atoms with E-state index in [9.17, 15) is 13.2 Å². The average Bonchev–Trinajstić information content (AvgIpc) is 1.19. The Kier molecular flexibility index (Phi) is 9.21. The lowest BCUT2D eigenvalue weighted by Crippen LogP contribution is -1.88. The second-order valence-electron chi connectivity index (χ2n) is 0.620. The summed E-state index contributed by atoms with van der Waals surface area (Å²) in [5, 5.41) is -4.19. The van der Waals surface area contributed by atoms with E-state index >= 15 is 0 Å². The zero-order valence-electron chi connectivity index (χ0n) is 3.59. The maximum atomic E-state index is 10.3. The summed E-state index contributed by atoms with van der Waals surface area (Å²) in [6.07, 6.45) is 0. The Balaban J connectivity index is 0. The summed E-state index contributed by atoms with van der Waals surface area (Å²) in [4.78, 5) is 0. The van der Waals surface area contributed by atoms with Crippen molar-refractivity contribution in [3.63, 3.8) is 0 Å². The first-order valence-corrected chi connectivity index (χ1v) is 6.11. The lowest BCUT2D eigenvalue weighted by molar-refractivity contribution is -0.0245. The molecule has 0 amide bonds. The van der Waals surface area contributed by atoms with Gasteiger partial charge in [0.15, 0.2) is 5.98 Å². The molecule has 0 aliphatic heterocycles. The number of hydrogen-bond acceptors (Lipinski definition) is 0. The fraction of sp³-hybridized carbons (Fsp3) is 1.00. The van der Waals surface area contributed by atoms with Gasteiger partial charge in [-0.3, -0.25) is 0 Å². The highest BCUT2D eigenvalue weighted by Crippen LogP contribution is 2.51. The Morgan fingerprint density at radius 3 is 1.11 bits per heavy atom. The van der Waals surface area contributed by atoms with Crippen LogP contribution >= 0.6 is 55.6 Å². The predicted octanol–water partition coefficient (Wildman–Crippen LogP) is 4.83. The van der Waals surface area contributed by atoms with Crippen LogP contribution in [0.15, 0.2) is 0 Å². The number of rotatable bonds is 0. The molecular formula is CBrCl3F3P. The fourth-order valence-electron chi connectivity index (χ4n) is 0. The normalized spacial score (nSPS) is 10.7. The standard InChI is InChI=1S/CBrF3.Cl3P/c2-1(3,4)5;1-4(2)3. The van der Waals surface area contributed by atoms with Crippen molar-refractivity contribution in [1.82, 2.24) is 0 Å². The van der Waals surface area contributed by atoms with E-state index in [1.54, 1.807) is 0 Å². The van der Waals surface area contributed by atoms with Crippen molar-refractivity contribution in [3.8, 4) is 0 Å². The highest BCUT2D eigenvalue weighted by molar-refractivity contribution is 9.09. The maximum Gasteiger partial charge on any atom is 0.448 e. The summed E-state index contributed by atoms with van der Waals surface area (Å²) < 4.78 is 30.8. The molecule has 0 unspecified atom stereocenters. The van der Waals surface area contributed by atoms with Gasteiger partial charge in [-0.2, -0.15) is 13.2 Å². The minimum atomic E-state index is -4.19. The van der Waals surface area contributed by atoms with Crippen LogP contribution in [0.4, 0.5) is 13.2 Å². The van der Waals surface area contributed by atoms with Gasteiger partial charge in [0.2, 0.25) is 0 Å². The number of hydrogen-bond donors (Lipinski definition) is 0. The quantitative estimate of drug-likeness (QED) is 0.442. The molecule has 0 atom stereocenters. The monoisotopic (exact) mass is 284 g/mol. The van der Waals surface area contributed by atoms with Crippen molar-refractivity contribution in [2.75, 3.05) is 0 Å². The molecule has 0 nitrogen and oxygen atoms in total. The van der Waals surface area contributed by atoms with Crippen LogP contribution in [0.1, 0.15) is 0 Å². The molecule has 0 radical (unpaired) electrons. The molecule has 0 saturated heterocycles. The van der Waals surface area contributed by atoms with Crippen molar-refractivity contribution < 1.29 is 13.2 Å². The summed E-state index contributed by atoms with van der Waals surface area (Å²) in [5.74, 6) is -1.20. The molecule has 0 heterocycles. The predicted molar refractivity (Wildman–Crippen MR) is 39.5 cm³/mol. The van der Waals surface area contributed by atoms with E-state index < -0.39 is 11.1 Å². The molecule has 0 bridgehead atoms. The number of halogens is 7. The van der Waals surface area contributed by atoms with Crippen LogP contribution in [0, 0.1) is 0 Å². The third-order valence-corrected chi connectivity index (χ3v) is 0. The highest BCUT2D eigenvalue weighted by Gasteiger charge is 2.19. The van der Waals surface area contributed by atoms with E-state index in [-0.39, 0.29) is 0 Å². The van der Waals surface area contributed by atoms with Crippen molar-refractivity contribution in [3.05, 3.63) is 0 Å². The molecule has 58 valence electrons. The van der Waals surface area contributed by atoms with Gasteiger partial charge in [-0.1, -0.05) is 33.7 Å². The molecule has 0 fully saturated rings. The molecule has 0 aromatic heterocycles. The third kappa shape index (κ3) is 222. The van der Waals surface area contributed by atoms with Gasteiger partial charge in [0.1, 0.15) is 0 Å². The molecule has 0 rings (SSSR count). The Hall–Kier alpha value is 1.57. The van der Waals surface area contributed by atoms with E-state index in [2.05, 4.69) is 0 Å². The summed E-state index contributed by atoms with van der Waals surface area (Å²) in [6.45, 7) is 0. The van der Waals surface area contributed by atoms with Crippen LogP contribution in [0.3, 0.4) is 0 Å². The second-order valence-corrected chi connectivity index (χ2v) is 6.50. The lowest BCUT2D eigenvalue weighted by Gasteiger charge is -1.85. The van der Waals surface area contributed by atoms with Crippen molar-refractivity contribution in [2.24, 2.45) is 0 Å². The van der Waals surface area contributed by atoms with E-state index in [1.165, 1.54) is 15.9 Å². The van der Waals surface area contributed by atoms with Gasteiger partial charge >= 0.3 is 5.09 Å². The molecule has 9 heavy (non-hydrogen) atoms. The topological polar surface area (TPSA) is 0 Å². The largest absolute Gasteiger partial charge is 0.448 e. The molecule has 0 N–H and O–H groups in total. The second kappa shape index (κ2) is 6.29. The summed E-state index contributed by atoms with van der Waals surface area (Å²) in [7, 11) is 0. The number of alkyl halides is 4. The Morgan fingerprint density at radius 1 is 1.11 bits per heavy atom. The van der Waals surface area contributed by atoms with Crippen LogP contribution in [-0.2, 0) is 0 Å². The van der Waals surface area contributed by atoms with Gasteiger partial charge in [-0.25, -0.2) is 0 Å². The summed E-state index contributed by atoms with van der Waals surface area (Å²) in [5.41, 5.74) is 0. The van der Waals surface area contributed by atoms with Crippen LogP contribution in [0.2, 0.25) is 0 Å². The molecule has 0 aliphatic rings. The summed E-state index contributed by atoms with van der Waals surface area (Å²) in [6, 6.07) is 0. The molecule has 0 spiro atoms. The SMILES string of the molecule is ClP(Cl)Cl.FC(F)(F)Br. The molecule has 0 aromatic rings. The zero-order valence-corrected chi connectivity index (χ0v) is 8.34. The van der Waals surface area contributed by atoms with Crippen LogP contribution in [0.25, 0.3) is 0 Å². The van der Waals surface area contributed by atoms with Gasteiger partial charge in [-0.15, -0.1) is 0 Å². The highest BCUT2D eigenvalue weighted by atomic mass is 79.9. The van der Waals surface area contributed by atoms with E-state index in [4.69, 9.17) is 33.7 Å². The maximum absolute atomic E-state index is 10.3. The Bertz CT molecular complexity index is 55.8. The average molecular weight is 286 g/mol. The van der Waals surface area contributed by atoms with Crippen LogP contribution in [-0.4, -0.2) is 5.09 Å². The van der Waals surface area contributed by atoms with Gasteiger partial charge in [0.25, 0.3) is 0 Å². The zero-order chi connectivity index (χ0) is 8.08. The van der Waals surface area contributed by atoms with Gasteiger partial charge in [0.05, 0.1) is 0 Å². The lowest BCUT2D eigenvalue weighted by atomic mass is 11.6.